The molecular formula is C20H16ClFO5. The minimum absolute atomic E-state index is 0.0433. The van der Waals surface area contributed by atoms with Gasteiger partial charge in [0.1, 0.15) is 17.3 Å². The Morgan fingerprint density at radius 3 is 2.70 bits per heavy atom. The molecule has 7 heteroatoms. The van der Waals surface area contributed by atoms with E-state index in [2.05, 4.69) is 4.74 Å². The number of halogens is 2. The summed E-state index contributed by atoms with van der Waals surface area (Å²) >= 11 is 6.01. The van der Waals surface area contributed by atoms with Gasteiger partial charge in [-0.2, -0.15) is 0 Å². The molecule has 5 nitrogen and oxygen atoms in total. The average molecular weight is 391 g/mol. The lowest BCUT2D eigenvalue weighted by molar-refractivity contribution is -0.147. The number of carbonyl (C=O) groups excluding carboxylic acids is 2. The van der Waals surface area contributed by atoms with Crippen molar-refractivity contribution in [3.8, 4) is 11.5 Å². The number of carbonyl (C=O) groups is 2. The lowest BCUT2D eigenvalue weighted by atomic mass is 10.1. The third-order valence-electron chi connectivity index (χ3n) is 4.15. The van der Waals surface area contributed by atoms with Gasteiger partial charge in [0.2, 0.25) is 5.78 Å². The molecule has 1 aliphatic heterocycles. The number of rotatable bonds is 4. The summed E-state index contributed by atoms with van der Waals surface area (Å²) in [5.41, 5.74) is 0.938. The van der Waals surface area contributed by atoms with Gasteiger partial charge in [0, 0.05) is 11.1 Å². The first-order chi connectivity index (χ1) is 12.8. The Bertz CT molecular complexity index is 947. The van der Waals surface area contributed by atoms with E-state index in [1.54, 1.807) is 19.9 Å². The number of benzene rings is 2. The molecule has 0 fully saturated rings. The van der Waals surface area contributed by atoms with Crippen LogP contribution in [0.1, 0.15) is 28.4 Å². The number of fused-ring (bicyclic) bond motifs is 1. The van der Waals surface area contributed by atoms with Crippen LogP contribution in [0.25, 0.3) is 6.08 Å². The van der Waals surface area contributed by atoms with Crippen LogP contribution in [0.3, 0.4) is 0 Å². The summed E-state index contributed by atoms with van der Waals surface area (Å²) in [6.07, 6.45) is 0.452. The molecule has 0 radical (unpaired) electrons. The third kappa shape index (κ3) is 3.53. The van der Waals surface area contributed by atoms with E-state index in [-0.39, 0.29) is 22.1 Å². The largest absolute Gasteiger partial charge is 0.479 e. The van der Waals surface area contributed by atoms with Gasteiger partial charge in [-0.05, 0) is 44.2 Å². The van der Waals surface area contributed by atoms with Crippen LogP contribution in [0.15, 0.2) is 36.1 Å². The number of esters is 1. The van der Waals surface area contributed by atoms with E-state index in [0.717, 1.165) is 0 Å². The quantitative estimate of drug-likeness (QED) is 0.574. The van der Waals surface area contributed by atoms with Crippen LogP contribution < -0.4 is 9.47 Å². The van der Waals surface area contributed by atoms with Gasteiger partial charge in [0.15, 0.2) is 11.9 Å². The van der Waals surface area contributed by atoms with Crippen LogP contribution >= 0.6 is 11.6 Å². The van der Waals surface area contributed by atoms with Gasteiger partial charge < -0.3 is 14.2 Å². The second-order valence-corrected chi connectivity index (χ2v) is 6.33. The van der Waals surface area contributed by atoms with E-state index >= 15 is 0 Å². The standard InChI is InChI=1S/C20H16ClFO5/c1-10-16(26-11(2)20(24)25-3)8-7-12-18(23)17(27-19(10)12)9-13-14(21)5-4-6-15(13)22/h4-9,11H,1-3H3/b17-9-. The molecule has 0 spiro atoms. The zero-order chi connectivity index (χ0) is 19.7. The summed E-state index contributed by atoms with van der Waals surface area (Å²) in [6, 6.07) is 7.36. The van der Waals surface area contributed by atoms with Gasteiger partial charge in [0.05, 0.1) is 17.7 Å². The van der Waals surface area contributed by atoms with E-state index in [4.69, 9.17) is 21.1 Å². The zero-order valence-corrected chi connectivity index (χ0v) is 15.6. The lowest BCUT2D eigenvalue weighted by Crippen LogP contribution is -2.25. The zero-order valence-electron chi connectivity index (χ0n) is 14.8. The molecule has 1 unspecified atom stereocenters. The van der Waals surface area contributed by atoms with E-state index in [1.165, 1.54) is 37.5 Å². The Balaban J connectivity index is 1.95. The molecule has 0 aliphatic carbocycles. The smallest absolute Gasteiger partial charge is 0.346 e. The Morgan fingerprint density at radius 1 is 1.30 bits per heavy atom. The van der Waals surface area contributed by atoms with E-state index < -0.39 is 17.9 Å². The lowest BCUT2D eigenvalue weighted by Gasteiger charge is -2.15. The van der Waals surface area contributed by atoms with Crippen molar-refractivity contribution in [1.82, 2.24) is 0 Å². The number of hydrogen-bond acceptors (Lipinski definition) is 5. The summed E-state index contributed by atoms with van der Waals surface area (Å²) in [5.74, 6) is -0.840. The first-order valence-electron chi connectivity index (χ1n) is 8.09. The average Bonchev–Trinajstić information content (AvgIpc) is 2.96. The predicted molar refractivity (Wildman–Crippen MR) is 97.6 cm³/mol. The van der Waals surface area contributed by atoms with Crippen LogP contribution in [0.5, 0.6) is 11.5 Å². The molecule has 1 aliphatic rings. The highest BCUT2D eigenvalue weighted by molar-refractivity contribution is 6.32. The number of ether oxygens (including phenoxy) is 3. The first kappa shape index (κ1) is 18.9. The van der Waals surface area contributed by atoms with Crippen molar-refractivity contribution in [1.29, 1.82) is 0 Å². The molecule has 1 atom stereocenters. The molecule has 2 aromatic rings. The summed E-state index contributed by atoms with van der Waals surface area (Å²) in [7, 11) is 1.27. The van der Waals surface area contributed by atoms with Crippen molar-refractivity contribution in [2.75, 3.05) is 7.11 Å². The van der Waals surface area contributed by atoms with Crippen molar-refractivity contribution in [3.05, 3.63) is 63.6 Å². The Morgan fingerprint density at radius 2 is 2.04 bits per heavy atom. The highest BCUT2D eigenvalue weighted by atomic mass is 35.5. The highest BCUT2D eigenvalue weighted by Gasteiger charge is 2.31. The molecule has 0 bridgehead atoms. The molecule has 0 N–H and O–H groups in total. The van der Waals surface area contributed by atoms with Gasteiger partial charge in [-0.1, -0.05) is 17.7 Å². The van der Waals surface area contributed by atoms with Gasteiger partial charge in [-0.25, -0.2) is 9.18 Å². The van der Waals surface area contributed by atoms with Crippen molar-refractivity contribution < 1.29 is 28.2 Å². The number of Topliss-reactive ketones (excluding diaryl/α,β-unsaturated/α-hetero) is 1. The summed E-state index contributed by atoms with van der Waals surface area (Å²) in [5, 5.41) is 0.169. The van der Waals surface area contributed by atoms with Crippen molar-refractivity contribution >= 4 is 29.4 Å². The van der Waals surface area contributed by atoms with Crippen molar-refractivity contribution in [3.63, 3.8) is 0 Å². The fraction of sp³-hybridized carbons (Fsp3) is 0.200. The van der Waals surface area contributed by atoms with Gasteiger partial charge in [0.25, 0.3) is 0 Å². The van der Waals surface area contributed by atoms with Crippen molar-refractivity contribution in [2.45, 2.75) is 20.0 Å². The molecule has 3 rings (SSSR count). The number of methoxy groups -OCH3 is 1. The fourth-order valence-electron chi connectivity index (χ4n) is 2.68. The highest BCUT2D eigenvalue weighted by Crippen LogP contribution is 2.40. The molecule has 0 saturated carbocycles. The van der Waals surface area contributed by atoms with E-state index in [1.807, 2.05) is 0 Å². The van der Waals surface area contributed by atoms with Crippen molar-refractivity contribution in [2.24, 2.45) is 0 Å². The molecule has 0 amide bonds. The third-order valence-corrected chi connectivity index (χ3v) is 4.48. The summed E-state index contributed by atoms with van der Waals surface area (Å²) < 4.78 is 29.9. The fourth-order valence-corrected chi connectivity index (χ4v) is 2.90. The second kappa shape index (κ2) is 7.40. The normalized spacial score (nSPS) is 15.3. The Kier molecular flexibility index (Phi) is 5.19. The molecule has 27 heavy (non-hydrogen) atoms. The topological polar surface area (TPSA) is 61.8 Å². The molecule has 140 valence electrons. The molecule has 0 saturated heterocycles. The SMILES string of the molecule is COC(=O)C(C)Oc1ccc2c(c1C)O/C(=C\c1c(F)cccc1Cl)C2=O. The predicted octanol–water partition coefficient (Wildman–Crippen LogP) is 4.34. The maximum absolute atomic E-state index is 14.0. The van der Waals surface area contributed by atoms with Crippen LogP contribution in [0, 0.1) is 12.7 Å². The monoisotopic (exact) mass is 390 g/mol. The van der Waals surface area contributed by atoms with Crippen LogP contribution in [-0.4, -0.2) is 25.0 Å². The van der Waals surface area contributed by atoms with Gasteiger partial charge in [-0.3, -0.25) is 4.79 Å². The molecule has 2 aromatic carbocycles. The Hall–Kier alpha value is -2.86. The summed E-state index contributed by atoms with van der Waals surface area (Å²) in [6.45, 7) is 3.25. The minimum atomic E-state index is -0.823. The van der Waals surface area contributed by atoms with Gasteiger partial charge in [-0.15, -0.1) is 0 Å². The minimum Gasteiger partial charge on any atom is -0.479 e. The first-order valence-corrected chi connectivity index (χ1v) is 8.47. The van der Waals surface area contributed by atoms with Crippen LogP contribution in [0.2, 0.25) is 5.02 Å². The number of hydrogen-bond donors (Lipinski definition) is 0. The maximum atomic E-state index is 14.0. The summed E-state index contributed by atoms with van der Waals surface area (Å²) in [4.78, 5) is 24.1. The number of allylic oxidation sites excluding steroid dienone is 1. The Labute approximate surface area is 160 Å². The second-order valence-electron chi connectivity index (χ2n) is 5.92. The van der Waals surface area contributed by atoms with E-state index in [0.29, 0.717) is 22.6 Å². The maximum Gasteiger partial charge on any atom is 0.346 e. The molecular weight excluding hydrogens is 375 g/mol. The van der Waals surface area contributed by atoms with E-state index in [9.17, 15) is 14.0 Å². The molecule has 1 heterocycles. The van der Waals surface area contributed by atoms with Gasteiger partial charge >= 0.3 is 5.97 Å². The van der Waals surface area contributed by atoms with Crippen LogP contribution in [0.4, 0.5) is 4.39 Å². The van der Waals surface area contributed by atoms with Crippen LogP contribution in [-0.2, 0) is 9.53 Å². The number of ketones is 1. The molecule has 0 aromatic heterocycles.